The van der Waals surface area contributed by atoms with Crippen molar-refractivity contribution in [2.75, 3.05) is 40.8 Å². The van der Waals surface area contributed by atoms with Gasteiger partial charge in [-0.2, -0.15) is 0 Å². The Hall–Kier alpha value is -1.20. The van der Waals surface area contributed by atoms with Crippen LogP contribution in [0.4, 0.5) is 0 Å². The maximum atomic E-state index is 12.6. The molecule has 122 valence electrons. The minimum atomic E-state index is -0.0495. The van der Waals surface area contributed by atoms with Crippen molar-refractivity contribution in [2.45, 2.75) is 23.5 Å². The molecule has 0 bridgehead atoms. The highest BCUT2D eigenvalue weighted by Gasteiger charge is 2.29. The Labute approximate surface area is 137 Å². The fraction of sp³-hybridized carbons (Fsp3) is 0.588. The third kappa shape index (κ3) is 4.65. The molecule has 0 spiro atoms. The quantitative estimate of drug-likeness (QED) is 0.754. The monoisotopic (exact) mass is 322 g/mol. The highest BCUT2D eigenvalue weighted by molar-refractivity contribution is 8.00. The van der Waals surface area contributed by atoms with E-state index in [1.807, 2.05) is 36.1 Å². The molecule has 1 saturated heterocycles. The molecule has 1 aliphatic rings. The van der Waals surface area contributed by atoms with Gasteiger partial charge < -0.3 is 14.5 Å². The van der Waals surface area contributed by atoms with E-state index in [9.17, 15) is 4.79 Å². The van der Waals surface area contributed by atoms with Crippen LogP contribution in [0.2, 0.25) is 0 Å². The average molecular weight is 322 g/mol. The molecule has 4 nitrogen and oxygen atoms in total. The molecule has 1 amide bonds. The molecule has 0 unspecified atom stereocenters. The summed E-state index contributed by atoms with van der Waals surface area (Å²) in [7, 11) is 5.84. The Morgan fingerprint density at radius 2 is 2.09 bits per heavy atom. The van der Waals surface area contributed by atoms with Crippen molar-refractivity contribution in [2.24, 2.45) is 5.92 Å². The van der Waals surface area contributed by atoms with E-state index in [4.69, 9.17) is 4.74 Å². The van der Waals surface area contributed by atoms with Gasteiger partial charge in [-0.1, -0.05) is 0 Å². The summed E-state index contributed by atoms with van der Waals surface area (Å²) in [6.07, 6.45) is 1.11. The molecule has 2 rings (SSSR count). The van der Waals surface area contributed by atoms with Gasteiger partial charge >= 0.3 is 0 Å². The molecule has 1 aromatic carbocycles. The summed E-state index contributed by atoms with van der Waals surface area (Å²) in [6.45, 7) is 4.84. The van der Waals surface area contributed by atoms with Gasteiger partial charge in [0.15, 0.2) is 0 Å². The number of rotatable bonds is 6. The van der Waals surface area contributed by atoms with E-state index >= 15 is 0 Å². The number of methoxy groups -OCH3 is 1. The molecule has 22 heavy (non-hydrogen) atoms. The summed E-state index contributed by atoms with van der Waals surface area (Å²) in [6, 6.07) is 7.88. The van der Waals surface area contributed by atoms with Crippen LogP contribution in [0.5, 0.6) is 5.75 Å². The van der Waals surface area contributed by atoms with Crippen molar-refractivity contribution in [3.05, 3.63) is 24.3 Å². The second-order valence-electron chi connectivity index (χ2n) is 6.14. The third-order valence-electron chi connectivity index (χ3n) is 3.94. The molecule has 1 fully saturated rings. The molecule has 2 atom stereocenters. The van der Waals surface area contributed by atoms with E-state index in [1.165, 1.54) is 0 Å². The van der Waals surface area contributed by atoms with Crippen molar-refractivity contribution >= 4 is 17.7 Å². The number of ether oxygens (including phenoxy) is 1. The van der Waals surface area contributed by atoms with Crippen LogP contribution < -0.4 is 4.74 Å². The summed E-state index contributed by atoms with van der Waals surface area (Å²) in [5.74, 6) is 1.70. The fourth-order valence-corrected chi connectivity index (χ4v) is 3.82. The van der Waals surface area contributed by atoms with E-state index in [0.29, 0.717) is 5.92 Å². The normalized spacial score (nSPS) is 19.5. The second kappa shape index (κ2) is 7.88. The van der Waals surface area contributed by atoms with Gasteiger partial charge in [-0.05, 0) is 57.6 Å². The number of likely N-dealkylation sites (tertiary alicyclic amines) is 1. The smallest absolute Gasteiger partial charge is 0.235 e. The Morgan fingerprint density at radius 3 is 2.68 bits per heavy atom. The zero-order valence-corrected chi connectivity index (χ0v) is 14.7. The van der Waals surface area contributed by atoms with Gasteiger partial charge in [0.25, 0.3) is 0 Å². The lowest BCUT2D eigenvalue weighted by Gasteiger charge is -2.21. The fourth-order valence-electron chi connectivity index (χ4n) is 2.86. The third-order valence-corrected chi connectivity index (χ3v) is 5.04. The number of benzene rings is 1. The predicted octanol–water partition coefficient (Wildman–Crippen LogP) is 2.59. The minimum absolute atomic E-state index is 0.0495. The summed E-state index contributed by atoms with van der Waals surface area (Å²) in [4.78, 5) is 17.9. The second-order valence-corrected chi connectivity index (χ2v) is 7.55. The van der Waals surface area contributed by atoms with Crippen LogP contribution in [-0.2, 0) is 4.79 Å². The van der Waals surface area contributed by atoms with Crippen LogP contribution in [0, 0.1) is 5.92 Å². The van der Waals surface area contributed by atoms with Crippen LogP contribution in [-0.4, -0.2) is 61.8 Å². The highest BCUT2D eigenvalue weighted by atomic mass is 32.2. The Kier molecular flexibility index (Phi) is 6.15. The molecule has 0 N–H and O–H groups in total. The molecule has 1 aromatic rings. The van der Waals surface area contributed by atoms with E-state index in [2.05, 4.69) is 19.0 Å². The molecule has 0 radical (unpaired) electrons. The van der Waals surface area contributed by atoms with E-state index in [-0.39, 0.29) is 11.2 Å². The van der Waals surface area contributed by atoms with Crippen LogP contribution in [0.1, 0.15) is 13.3 Å². The Morgan fingerprint density at radius 1 is 1.41 bits per heavy atom. The lowest BCUT2D eigenvalue weighted by Crippen LogP contribution is -2.35. The molecule has 0 saturated carbocycles. The first-order valence-electron chi connectivity index (χ1n) is 7.74. The molecule has 1 aliphatic heterocycles. The van der Waals surface area contributed by atoms with Crippen LogP contribution >= 0.6 is 11.8 Å². The SMILES string of the molecule is COc1ccc(S[C@H](C)C(=O)N2CC[C@H](CN(C)C)C2)cc1. The molecule has 0 aromatic heterocycles. The standard InChI is InChI=1S/C17H26N2O2S/c1-13(22-16-7-5-15(21-4)6-8-16)17(20)19-10-9-14(12-19)11-18(2)3/h5-8,13-14H,9-12H2,1-4H3/t13-,14-/m1/s1. The van der Waals surface area contributed by atoms with Crippen molar-refractivity contribution in [3.63, 3.8) is 0 Å². The van der Waals surface area contributed by atoms with Gasteiger partial charge in [-0.15, -0.1) is 11.8 Å². The molecule has 5 heteroatoms. The van der Waals surface area contributed by atoms with Gasteiger partial charge in [0.1, 0.15) is 5.75 Å². The molecule has 1 heterocycles. The van der Waals surface area contributed by atoms with Crippen molar-refractivity contribution in [3.8, 4) is 5.75 Å². The van der Waals surface area contributed by atoms with Gasteiger partial charge in [0, 0.05) is 24.5 Å². The first-order chi connectivity index (χ1) is 10.5. The van der Waals surface area contributed by atoms with Crippen molar-refractivity contribution in [1.82, 2.24) is 9.80 Å². The predicted molar refractivity (Wildman–Crippen MR) is 91.6 cm³/mol. The minimum Gasteiger partial charge on any atom is -0.497 e. The number of thioether (sulfide) groups is 1. The molecular weight excluding hydrogens is 296 g/mol. The van der Waals surface area contributed by atoms with Gasteiger partial charge in [0.2, 0.25) is 5.91 Å². The number of nitrogens with zero attached hydrogens (tertiary/aromatic N) is 2. The van der Waals surface area contributed by atoms with Gasteiger partial charge in [0.05, 0.1) is 12.4 Å². The summed E-state index contributed by atoms with van der Waals surface area (Å²) >= 11 is 1.62. The van der Waals surface area contributed by atoms with E-state index < -0.39 is 0 Å². The van der Waals surface area contributed by atoms with Crippen LogP contribution in [0.25, 0.3) is 0 Å². The van der Waals surface area contributed by atoms with E-state index in [1.54, 1.807) is 18.9 Å². The number of hydrogen-bond acceptors (Lipinski definition) is 4. The van der Waals surface area contributed by atoms with Gasteiger partial charge in [-0.25, -0.2) is 0 Å². The van der Waals surface area contributed by atoms with Crippen molar-refractivity contribution < 1.29 is 9.53 Å². The highest BCUT2D eigenvalue weighted by Crippen LogP contribution is 2.28. The number of carbonyl (C=O) groups excluding carboxylic acids is 1. The van der Waals surface area contributed by atoms with Crippen LogP contribution in [0.15, 0.2) is 29.2 Å². The lowest BCUT2D eigenvalue weighted by molar-refractivity contribution is -0.129. The largest absolute Gasteiger partial charge is 0.497 e. The summed E-state index contributed by atoms with van der Waals surface area (Å²) in [5.41, 5.74) is 0. The molecule has 0 aliphatic carbocycles. The zero-order chi connectivity index (χ0) is 16.1. The topological polar surface area (TPSA) is 32.8 Å². The maximum Gasteiger partial charge on any atom is 0.235 e. The first-order valence-corrected chi connectivity index (χ1v) is 8.61. The number of hydrogen-bond donors (Lipinski definition) is 0. The Balaban J connectivity index is 1.86. The maximum absolute atomic E-state index is 12.6. The van der Waals surface area contributed by atoms with Crippen LogP contribution in [0.3, 0.4) is 0 Å². The lowest BCUT2D eigenvalue weighted by atomic mass is 10.1. The van der Waals surface area contributed by atoms with Gasteiger partial charge in [-0.3, -0.25) is 4.79 Å². The summed E-state index contributed by atoms with van der Waals surface area (Å²) in [5, 5.41) is -0.0495. The number of carbonyl (C=O) groups is 1. The molecular formula is C17H26N2O2S. The van der Waals surface area contributed by atoms with Crippen molar-refractivity contribution in [1.29, 1.82) is 0 Å². The Bertz CT molecular complexity index is 490. The first kappa shape index (κ1) is 17.2. The summed E-state index contributed by atoms with van der Waals surface area (Å²) < 4.78 is 5.16. The average Bonchev–Trinajstić information content (AvgIpc) is 2.94. The zero-order valence-electron chi connectivity index (χ0n) is 13.9. The number of amides is 1. The van der Waals surface area contributed by atoms with E-state index in [0.717, 1.165) is 36.7 Å².